The van der Waals surface area contributed by atoms with E-state index in [-0.39, 0.29) is 18.8 Å². The highest BCUT2D eigenvalue weighted by atomic mass is 35.5. The summed E-state index contributed by atoms with van der Waals surface area (Å²) in [6.07, 6.45) is 0.938. The number of rotatable bonds is 4. The third-order valence-corrected chi connectivity index (χ3v) is 7.16. The van der Waals surface area contributed by atoms with E-state index >= 15 is 0 Å². The Morgan fingerprint density at radius 3 is 2.64 bits per heavy atom. The molecule has 33 heavy (non-hydrogen) atoms. The minimum Gasteiger partial charge on any atom is -0.486 e. The molecule has 8 heteroatoms. The normalized spacial score (nSPS) is 19.7. The highest BCUT2D eigenvalue weighted by Gasteiger charge is 2.30. The zero-order valence-electron chi connectivity index (χ0n) is 18.6. The molecule has 7 nitrogen and oxygen atoms in total. The molecule has 0 unspecified atom stereocenters. The first-order chi connectivity index (χ1) is 16.1. The lowest BCUT2D eigenvalue weighted by molar-refractivity contribution is 0.0613. The summed E-state index contributed by atoms with van der Waals surface area (Å²) in [7, 11) is 0. The number of carbonyl (C=O) groups excluding carboxylic acids is 1. The Bertz CT molecular complexity index is 1230. The van der Waals surface area contributed by atoms with Crippen molar-refractivity contribution in [3.63, 3.8) is 0 Å². The van der Waals surface area contributed by atoms with Crippen LogP contribution in [0.2, 0.25) is 5.02 Å². The van der Waals surface area contributed by atoms with Gasteiger partial charge < -0.3 is 23.7 Å². The van der Waals surface area contributed by atoms with Gasteiger partial charge in [0.1, 0.15) is 17.5 Å². The van der Waals surface area contributed by atoms with Crippen LogP contribution in [-0.2, 0) is 13.1 Å². The van der Waals surface area contributed by atoms with Crippen LogP contribution in [0.4, 0.5) is 0 Å². The van der Waals surface area contributed by atoms with Gasteiger partial charge in [-0.05, 0) is 42.3 Å². The van der Waals surface area contributed by atoms with E-state index in [1.54, 1.807) is 0 Å². The number of hydrogen-bond donors (Lipinski definition) is 0. The van der Waals surface area contributed by atoms with Crippen molar-refractivity contribution in [3.05, 3.63) is 52.7 Å². The second-order valence-electron chi connectivity index (χ2n) is 8.85. The molecule has 0 saturated carbocycles. The number of benzene rings is 2. The smallest absolute Gasteiger partial charge is 0.270 e. The molecule has 0 spiro atoms. The van der Waals surface area contributed by atoms with Gasteiger partial charge in [0.05, 0.1) is 17.1 Å². The van der Waals surface area contributed by atoms with E-state index in [9.17, 15) is 4.79 Å². The predicted octanol–water partition coefficient (Wildman–Crippen LogP) is 4.15. The number of nitrogens with zero attached hydrogens (tertiary/aromatic N) is 3. The quantitative estimate of drug-likeness (QED) is 0.577. The summed E-state index contributed by atoms with van der Waals surface area (Å²) in [5.41, 5.74) is 2.82. The topological polar surface area (TPSA) is 56.2 Å². The van der Waals surface area contributed by atoms with Crippen LogP contribution in [0.25, 0.3) is 10.9 Å². The van der Waals surface area contributed by atoms with E-state index in [2.05, 4.69) is 22.5 Å². The number of ether oxygens (including phenoxy) is 3. The van der Waals surface area contributed by atoms with Crippen molar-refractivity contribution in [3.8, 4) is 17.2 Å². The molecule has 3 aliphatic rings. The van der Waals surface area contributed by atoms with Gasteiger partial charge in [0.25, 0.3) is 5.91 Å². The minimum absolute atomic E-state index is 0.0550. The zero-order valence-corrected chi connectivity index (χ0v) is 19.3. The fraction of sp³-hybridized carbons (Fsp3) is 0.400. The average Bonchev–Trinajstić information content (AvgIpc) is 3.46. The van der Waals surface area contributed by atoms with Gasteiger partial charge in [-0.2, -0.15) is 0 Å². The summed E-state index contributed by atoms with van der Waals surface area (Å²) in [5, 5.41) is 1.53. The van der Waals surface area contributed by atoms with Crippen LogP contribution in [0, 0.1) is 0 Å². The molecule has 3 aromatic rings. The molecular weight excluding hydrogens is 442 g/mol. The highest BCUT2D eigenvalue weighted by Crippen LogP contribution is 2.38. The van der Waals surface area contributed by atoms with E-state index < -0.39 is 0 Å². The van der Waals surface area contributed by atoms with Gasteiger partial charge in [-0.1, -0.05) is 24.6 Å². The van der Waals surface area contributed by atoms with Crippen LogP contribution in [0.3, 0.4) is 0 Å². The van der Waals surface area contributed by atoms with E-state index in [1.165, 1.54) is 5.56 Å². The van der Waals surface area contributed by atoms with Crippen LogP contribution < -0.4 is 14.2 Å². The largest absolute Gasteiger partial charge is 0.486 e. The third kappa shape index (κ3) is 3.60. The molecule has 6 rings (SSSR count). The van der Waals surface area contributed by atoms with Crippen molar-refractivity contribution in [2.45, 2.75) is 32.5 Å². The lowest BCUT2D eigenvalue weighted by atomic mass is 10.1. The summed E-state index contributed by atoms with van der Waals surface area (Å²) in [6, 6.07) is 11.8. The van der Waals surface area contributed by atoms with Crippen molar-refractivity contribution >= 4 is 28.4 Å². The number of carbonyl (C=O) groups is 1. The SMILES string of the molecule is CC[C@@H]1Cn2c(C(=O)N3CCN(Cc4ccc5c(c4)OCO5)CC3)cc3c(Cl)ccc(c32)O1. The first-order valence-corrected chi connectivity index (χ1v) is 11.9. The highest BCUT2D eigenvalue weighted by molar-refractivity contribution is 6.36. The molecule has 0 aliphatic carbocycles. The second-order valence-corrected chi connectivity index (χ2v) is 9.26. The summed E-state index contributed by atoms with van der Waals surface area (Å²) in [5.74, 6) is 2.48. The van der Waals surface area contributed by atoms with Gasteiger partial charge in [0.15, 0.2) is 11.5 Å². The maximum absolute atomic E-state index is 13.6. The molecule has 1 atom stereocenters. The fourth-order valence-corrected chi connectivity index (χ4v) is 5.18. The molecule has 0 bridgehead atoms. The number of amides is 1. The van der Waals surface area contributed by atoms with Crippen LogP contribution in [-0.4, -0.2) is 59.4 Å². The minimum atomic E-state index is 0.0550. The van der Waals surface area contributed by atoms with Gasteiger partial charge >= 0.3 is 0 Å². The summed E-state index contributed by atoms with van der Waals surface area (Å²) in [6.45, 7) is 6.92. The van der Waals surface area contributed by atoms with Crippen LogP contribution >= 0.6 is 11.6 Å². The molecule has 1 saturated heterocycles. The van der Waals surface area contributed by atoms with Crippen molar-refractivity contribution in [1.82, 2.24) is 14.4 Å². The molecule has 4 heterocycles. The molecule has 0 N–H and O–H groups in total. The van der Waals surface area contributed by atoms with E-state index in [4.69, 9.17) is 25.8 Å². The molecule has 3 aliphatic heterocycles. The van der Waals surface area contributed by atoms with Gasteiger partial charge in [-0.15, -0.1) is 0 Å². The lowest BCUT2D eigenvalue weighted by Gasteiger charge is -2.35. The molecule has 2 aromatic carbocycles. The molecular formula is C25H26ClN3O4. The van der Waals surface area contributed by atoms with E-state index in [0.717, 1.165) is 54.2 Å². The molecule has 1 aromatic heterocycles. The lowest BCUT2D eigenvalue weighted by Crippen LogP contribution is -2.48. The van der Waals surface area contributed by atoms with Crippen molar-refractivity contribution in [2.75, 3.05) is 33.0 Å². The molecule has 0 radical (unpaired) electrons. The van der Waals surface area contributed by atoms with Gasteiger partial charge in [-0.25, -0.2) is 0 Å². The molecule has 172 valence electrons. The Balaban J connectivity index is 1.18. The van der Waals surface area contributed by atoms with Gasteiger partial charge in [-0.3, -0.25) is 9.69 Å². The Morgan fingerprint density at radius 1 is 1.03 bits per heavy atom. The first kappa shape index (κ1) is 20.7. The maximum Gasteiger partial charge on any atom is 0.270 e. The number of fused-ring (bicyclic) bond motifs is 1. The first-order valence-electron chi connectivity index (χ1n) is 11.5. The summed E-state index contributed by atoms with van der Waals surface area (Å²) in [4.78, 5) is 17.9. The van der Waals surface area contributed by atoms with Crippen molar-refractivity contribution < 1.29 is 19.0 Å². The maximum atomic E-state index is 13.6. The second kappa shape index (κ2) is 8.15. The monoisotopic (exact) mass is 467 g/mol. The summed E-state index contributed by atoms with van der Waals surface area (Å²) < 4.78 is 19.1. The zero-order chi connectivity index (χ0) is 22.5. The standard InChI is InChI=1S/C25H26ClN3O4/c1-2-17-14-29-20(12-18-19(26)4-6-22(33-17)24(18)29)25(30)28-9-7-27(8-10-28)13-16-3-5-21-23(11-16)32-15-31-21/h3-6,11-12,17H,2,7-10,13-15H2,1H3/t17-/m1/s1. The molecule has 1 amide bonds. The van der Waals surface area contributed by atoms with E-state index in [0.29, 0.717) is 30.4 Å². The Kier molecular flexibility index (Phi) is 5.11. The fourth-order valence-electron chi connectivity index (χ4n) is 4.98. The summed E-state index contributed by atoms with van der Waals surface area (Å²) >= 11 is 6.47. The third-order valence-electron chi connectivity index (χ3n) is 6.83. The van der Waals surface area contributed by atoms with Crippen molar-refractivity contribution in [2.24, 2.45) is 0 Å². The number of hydrogen-bond acceptors (Lipinski definition) is 5. The number of halogens is 1. The Labute approximate surface area is 197 Å². The van der Waals surface area contributed by atoms with Crippen LogP contribution in [0.1, 0.15) is 29.4 Å². The van der Waals surface area contributed by atoms with Crippen LogP contribution in [0.5, 0.6) is 17.2 Å². The predicted molar refractivity (Wildman–Crippen MR) is 125 cm³/mol. The van der Waals surface area contributed by atoms with Gasteiger partial charge in [0.2, 0.25) is 6.79 Å². The van der Waals surface area contributed by atoms with Gasteiger partial charge in [0, 0.05) is 38.1 Å². The average molecular weight is 468 g/mol. The van der Waals surface area contributed by atoms with Crippen molar-refractivity contribution in [1.29, 1.82) is 0 Å². The number of piperazine rings is 1. The van der Waals surface area contributed by atoms with Crippen LogP contribution in [0.15, 0.2) is 36.4 Å². The Hall–Kier alpha value is -2.90. The van der Waals surface area contributed by atoms with E-state index in [1.807, 2.05) is 35.2 Å². The number of aromatic nitrogens is 1. The Morgan fingerprint density at radius 2 is 1.82 bits per heavy atom. The molecule has 1 fully saturated rings.